The summed E-state index contributed by atoms with van der Waals surface area (Å²) in [5, 5.41) is 14.9. The normalized spacial score (nSPS) is 17.9. The number of aromatic nitrogens is 4. The Morgan fingerprint density at radius 2 is 1.67 bits per heavy atom. The van der Waals surface area contributed by atoms with E-state index in [1.54, 1.807) is 18.6 Å². The van der Waals surface area contributed by atoms with Crippen molar-refractivity contribution in [3.63, 3.8) is 0 Å². The maximum Gasteiger partial charge on any atom is 0.246 e. The summed E-state index contributed by atoms with van der Waals surface area (Å²) in [5.41, 5.74) is 7.50. The van der Waals surface area contributed by atoms with Crippen molar-refractivity contribution in [1.29, 1.82) is 0 Å². The number of nitrogens with zero attached hydrogens (tertiary/aromatic N) is 3. The average molecular weight is 677 g/mol. The Morgan fingerprint density at radius 3 is 2.28 bits per heavy atom. The Labute approximate surface area is 282 Å². The number of primary amides is 1. The first-order valence-corrected chi connectivity index (χ1v) is 16.0. The molecule has 6 N–H and O–H groups in total. The first-order chi connectivity index (χ1) is 21.4. The lowest BCUT2D eigenvalue weighted by Crippen LogP contribution is -2.61. The van der Waals surface area contributed by atoms with Crippen LogP contribution in [0.3, 0.4) is 0 Å². The number of H-pyrrole nitrogens is 2. The van der Waals surface area contributed by atoms with Crippen molar-refractivity contribution in [3.8, 4) is 0 Å². The molecule has 0 bridgehead atoms. The van der Waals surface area contributed by atoms with E-state index in [9.17, 15) is 19.5 Å². The summed E-state index contributed by atoms with van der Waals surface area (Å²) in [4.78, 5) is 57.7. The second-order valence-electron chi connectivity index (χ2n) is 12.4. The molecule has 0 aliphatic heterocycles. The molecule has 2 heterocycles. The molecule has 2 aromatic heterocycles. The van der Waals surface area contributed by atoms with Gasteiger partial charge in [0.1, 0.15) is 24.0 Å². The third-order valence-electron chi connectivity index (χ3n) is 9.32. The molecule has 1 aromatic carbocycles. The minimum absolute atomic E-state index is 0. The molecule has 13 heteroatoms. The molecule has 3 amide bonds. The highest BCUT2D eigenvalue weighted by Gasteiger charge is 2.43. The van der Waals surface area contributed by atoms with Gasteiger partial charge in [0.25, 0.3) is 0 Å². The van der Waals surface area contributed by atoms with E-state index < -0.39 is 36.0 Å². The van der Waals surface area contributed by atoms with Gasteiger partial charge in [-0.15, -0.1) is 24.8 Å². The average Bonchev–Trinajstić information content (AvgIpc) is 3.85. The van der Waals surface area contributed by atoms with E-state index in [0.29, 0.717) is 17.9 Å². The zero-order chi connectivity index (χ0) is 30.9. The number of aliphatic hydroxyl groups is 1. The highest BCUT2D eigenvalue weighted by atomic mass is 35.5. The number of aliphatic hydroxyl groups excluding tert-OH is 1. The highest BCUT2D eigenvalue weighted by Crippen LogP contribution is 2.34. The number of benzene rings is 1. The van der Waals surface area contributed by atoms with Crippen molar-refractivity contribution in [2.75, 3.05) is 0 Å². The number of halogens is 2. The van der Waals surface area contributed by atoms with Crippen molar-refractivity contribution in [1.82, 2.24) is 30.2 Å². The van der Waals surface area contributed by atoms with Crippen LogP contribution in [0, 0.1) is 11.8 Å². The van der Waals surface area contributed by atoms with E-state index in [0.717, 1.165) is 63.4 Å². The fraction of sp³-hybridized carbons (Fsp3) is 0.545. The van der Waals surface area contributed by atoms with Crippen molar-refractivity contribution in [2.24, 2.45) is 17.6 Å². The molecule has 2 aliphatic rings. The van der Waals surface area contributed by atoms with Crippen LogP contribution in [0.5, 0.6) is 0 Å². The quantitative estimate of drug-likeness (QED) is 0.172. The third kappa shape index (κ3) is 9.56. The van der Waals surface area contributed by atoms with Gasteiger partial charge in [0.05, 0.1) is 18.1 Å². The van der Waals surface area contributed by atoms with Gasteiger partial charge in [0, 0.05) is 37.4 Å². The number of rotatable bonds is 14. The van der Waals surface area contributed by atoms with Gasteiger partial charge in [-0.05, 0) is 30.7 Å². The molecule has 2 aliphatic carbocycles. The zero-order valence-electron chi connectivity index (χ0n) is 26.1. The van der Waals surface area contributed by atoms with Crippen LogP contribution in [0.4, 0.5) is 0 Å². The Hall–Kier alpha value is -3.41. The number of nitrogens with one attached hydrogen (secondary N) is 3. The van der Waals surface area contributed by atoms with E-state index in [1.807, 2.05) is 30.3 Å². The van der Waals surface area contributed by atoms with E-state index >= 15 is 0 Å². The van der Waals surface area contributed by atoms with Gasteiger partial charge >= 0.3 is 0 Å². The van der Waals surface area contributed by atoms with E-state index in [4.69, 9.17) is 5.73 Å². The number of hydrogen-bond donors (Lipinski definition) is 5. The van der Waals surface area contributed by atoms with Gasteiger partial charge < -0.3 is 31.0 Å². The molecule has 5 rings (SSSR count). The molecule has 0 unspecified atom stereocenters. The monoisotopic (exact) mass is 675 g/mol. The molecule has 46 heavy (non-hydrogen) atoms. The van der Waals surface area contributed by atoms with Gasteiger partial charge in [-0.1, -0.05) is 75.3 Å². The first-order valence-electron chi connectivity index (χ1n) is 16.0. The van der Waals surface area contributed by atoms with Gasteiger partial charge in [0.2, 0.25) is 17.7 Å². The molecule has 4 atom stereocenters. The van der Waals surface area contributed by atoms with Crippen LogP contribution in [0.1, 0.15) is 87.4 Å². The number of imidazole rings is 2. The number of amides is 3. The molecule has 2 saturated carbocycles. The Kier molecular flexibility index (Phi) is 14.5. The Balaban J connectivity index is 0.00000288. The topological polar surface area (TPSA) is 170 Å². The number of nitrogens with two attached hydrogens (primary N) is 1. The van der Waals surface area contributed by atoms with Crippen molar-refractivity contribution in [2.45, 2.75) is 101 Å². The lowest BCUT2D eigenvalue weighted by Gasteiger charge is -2.42. The standard InChI is InChI=1S/C33H45N7O4.2ClH/c34-30(42)28(19-25-20-35-21-38-25)40(27(18-23-11-5-2-6-12-23)29(41)31-36-15-16-37-31)33(44)26(17-22-9-3-1-4-10-22)39-32(43)24-13-7-8-14-24;;/h1,3-4,9-10,15-16,20-21,23-24,26-29,41H,2,5-8,11-14,17-19H2,(H2,34,42)(H,35,38)(H,36,37)(H,39,43);2*1H/t26-,27-,28-,29+;;/m0../s1. The summed E-state index contributed by atoms with van der Waals surface area (Å²) in [6.07, 6.45) is 14.7. The summed E-state index contributed by atoms with van der Waals surface area (Å²) < 4.78 is 0. The van der Waals surface area contributed by atoms with Crippen molar-refractivity contribution in [3.05, 3.63) is 72.3 Å². The molecule has 11 nitrogen and oxygen atoms in total. The first kappa shape index (κ1) is 37.1. The predicted octanol–water partition coefficient (Wildman–Crippen LogP) is 4.19. The van der Waals surface area contributed by atoms with Gasteiger partial charge in [-0.2, -0.15) is 0 Å². The predicted molar refractivity (Wildman–Crippen MR) is 179 cm³/mol. The largest absolute Gasteiger partial charge is 0.383 e. The summed E-state index contributed by atoms with van der Waals surface area (Å²) in [6, 6.07) is 6.60. The van der Waals surface area contributed by atoms with E-state index in [2.05, 4.69) is 25.3 Å². The highest BCUT2D eigenvalue weighted by molar-refractivity contribution is 5.92. The maximum absolute atomic E-state index is 15.0. The number of carbonyl (C=O) groups is 3. The molecule has 0 spiro atoms. The van der Waals surface area contributed by atoms with Crippen molar-refractivity contribution >= 4 is 42.5 Å². The summed E-state index contributed by atoms with van der Waals surface area (Å²) in [6.45, 7) is 0. The lowest BCUT2D eigenvalue weighted by molar-refractivity contribution is -0.149. The van der Waals surface area contributed by atoms with Crippen LogP contribution >= 0.6 is 24.8 Å². The van der Waals surface area contributed by atoms with Crippen LogP contribution in [0.15, 0.2) is 55.2 Å². The van der Waals surface area contributed by atoms with Gasteiger partial charge in [-0.3, -0.25) is 14.4 Å². The fourth-order valence-electron chi connectivity index (χ4n) is 6.97. The van der Waals surface area contributed by atoms with Gasteiger partial charge in [-0.25, -0.2) is 9.97 Å². The molecule has 3 aromatic rings. The summed E-state index contributed by atoms with van der Waals surface area (Å²) in [5.74, 6) is -0.921. The maximum atomic E-state index is 15.0. The number of carbonyl (C=O) groups excluding carboxylic acids is 3. The van der Waals surface area contributed by atoms with E-state index in [1.165, 1.54) is 11.2 Å². The van der Waals surface area contributed by atoms with Crippen LogP contribution in [0.2, 0.25) is 0 Å². The summed E-state index contributed by atoms with van der Waals surface area (Å²) >= 11 is 0. The smallest absolute Gasteiger partial charge is 0.246 e. The van der Waals surface area contributed by atoms with Gasteiger partial charge in [0.15, 0.2) is 0 Å². The SMILES string of the molecule is Cl.Cl.NC(=O)[C@H](Cc1c[nH]cn1)N(C(=O)[C@H](Cc1ccccc1)NC(=O)C1CCCC1)[C@@H](CC1CCCCC1)[C@@H](O)c1ncc[nH]1. The molecule has 0 radical (unpaired) electrons. The van der Waals surface area contributed by atoms with Crippen LogP contribution in [-0.2, 0) is 27.2 Å². The number of aromatic amines is 2. The summed E-state index contributed by atoms with van der Waals surface area (Å²) in [7, 11) is 0. The second-order valence-corrected chi connectivity index (χ2v) is 12.4. The second kappa shape index (κ2) is 18.1. The fourth-order valence-corrected chi connectivity index (χ4v) is 6.97. The molecule has 2 fully saturated rings. The molecule has 252 valence electrons. The van der Waals surface area contributed by atoms with Crippen LogP contribution in [0.25, 0.3) is 0 Å². The van der Waals surface area contributed by atoms with E-state index in [-0.39, 0.29) is 55.4 Å². The Bertz CT molecular complexity index is 1330. The van der Waals surface area contributed by atoms with Crippen LogP contribution in [-0.4, -0.2) is 65.8 Å². The molecular formula is C33H47Cl2N7O4. The third-order valence-corrected chi connectivity index (χ3v) is 9.32. The number of hydrogen-bond acceptors (Lipinski definition) is 6. The molecule has 0 saturated heterocycles. The van der Waals surface area contributed by atoms with Crippen LogP contribution < -0.4 is 11.1 Å². The zero-order valence-corrected chi connectivity index (χ0v) is 27.7. The minimum atomic E-state index is -1.21. The lowest BCUT2D eigenvalue weighted by atomic mass is 9.82. The molecular weight excluding hydrogens is 629 g/mol. The minimum Gasteiger partial charge on any atom is -0.383 e. The Morgan fingerprint density at radius 1 is 0.978 bits per heavy atom. The van der Waals surface area contributed by atoms with Crippen molar-refractivity contribution < 1.29 is 19.5 Å².